The third-order valence-corrected chi connectivity index (χ3v) is 7.22. The summed E-state index contributed by atoms with van der Waals surface area (Å²) in [6.45, 7) is 12.7. The number of H-pyrrole nitrogens is 1. The monoisotopic (exact) mass is 514 g/mol. The van der Waals surface area contributed by atoms with Crippen molar-refractivity contribution < 1.29 is 9.84 Å². The van der Waals surface area contributed by atoms with Gasteiger partial charge in [-0.3, -0.25) is 0 Å². The van der Waals surface area contributed by atoms with Gasteiger partial charge >= 0.3 is 0 Å². The van der Waals surface area contributed by atoms with Gasteiger partial charge in [-0.15, -0.1) is 0 Å². The summed E-state index contributed by atoms with van der Waals surface area (Å²) in [5.41, 5.74) is 7.19. The number of phenolic OH excluding ortho intramolecular Hbond substituents is 1. The molecule has 0 aliphatic carbocycles. The van der Waals surface area contributed by atoms with Crippen LogP contribution in [0.3, 0.4) is 0 Å². The molecule has 1 atom stereocenters. The highest BCUT2D eigenvalue weighted by molar-refractivity contribution is 5.86. The quantitative estimate of drug-likeness (QED) is 0.171. The molecule has 0 saturated carbocycles. The Balaban J connectivity index is 1.61. The van der Waals surface area contributed by atoms with Gasteiger partial charge in [0.25, 0.3) is 0 Å². The van der Waals surface area contributed by atoms with Crippen LogP contribution in [0, 0.1) is 0 Å². The standard InChI is InChI=1S/C32H42N4O2/c1-5-23(3)8-11-25(6-2)36-20-16-28-29-22-26(37)12-15-30(29)35-31(28)32(36)24-9-13-27(14-10-24)38-21-7-17-34-19-18-33-4/h5,8-15,22,32-35,37H,1,6-7,16-21H2,2-4H3/b23-8-,25-11+. The minimum atomic E-state index is 0.0438. The third kappa shape index (κ3) is 6.50. The number of ether oxygens (including phenoxy) is 1. The Morgan fingerprint density at radius 1 is 1.16 bits per heavy atom. The van der Waals surface area contributed by atoms with E-state index >= 15 is 0 Å². The van der Waals surface area contributed by atoms with Crippen molar-refractivity contribution in [3.8, 4) is 11.5 Å². The lowest BCUT2D eigenvalue weighted by Crippen LogP contribution is -2.35. The zero-order valence-corrected chi connectivity index (χ0v) is 23.0. The number of nitrogens with zero attached hydrogens (tertiary/aromatic N) is 1. The number of hydrogen-bond acceptors (Lipinski definition) is 5. The molecule has 0 saturated heterocycles. The van der Waals surface area contributed by atoms with Gasteiger partial charge in [0.15, 0.2) is 0 Å². The number of aromatic nitrogens is 1. The fourth-order valence-electron chi connectivity index (χ4n) is 5.12. The molecule has 0 fully saturated rings. The molecule has 0 radical (unpaired) electrons. The number of aromatic amines is 1. The van der Waals surface area contributed by atoms with Gasteiger partial charge in [0.2, 0.25) is 0 Å². The molecule has 1 unspecified atom stereocenters. The Morgan fingerprint density at radius 3 is 2.71 bits per heavy atom. The smallest absolute Gasteiger partial charge is 0.119 e. The Kier molecular flexibility index (Phi) is 9.68. The van der Waals surface area contributed by atoms with E-state index in [-0.39, 0.29) is 6.04 Å². The molecule has 6 heteroatoms. The molecular weight excluding hydrogens is 472 g/mol. The van der Waals surface area contributed by atoms with Crippen molar-refractivity contribution in [3.05, 3.63) is 95.4 Å². The van der Waals surface area contributed by atoms with Gasteiger partial charge in [0.05, 0.1) is 12.6 Å². The van der Waals surface area contributed by atoms with Crippen LogP contribution < -0.4 is 15.4 Å². The number of nitrogens with one attached hydrogen (secondary N) is 3. The SMILES string of the molecule is C=C/C(C)=C\C=C(/CC)N1CCc2c([nH]c3ccc(O)cc23)C1c1ccc(OCCCNCCNC)cc1. The highest BCUT2D eigenvalue weighted by atomic mass is 16.5. The van der Waals surface area contributed by atoms with Crippen LogP contribution in [-0.2, 0) is 6.42 Å². The molecule has 0 bridgehead atoms. The number of phenols is 1. The van der Waals surface area contributed by atoms with Gasteiger partial charge in [0.1, 0.15) is 11.5 Å². The number of fused-ring (bicyclic) bond motifs is 3. The molecule has 0 spiro atoms. The van der Waals surface area contributed by atoms with E-state index in [1.54, 1.807) is 6.07 Å². The summed E-state index contributed by atoms with van der Waals surface area (Å²) in [5, 5.41) is 17.8. The van der Waals surface area contributed by atoms with Crippen molar-refractivity contribution in [1.82, 2.24) is 20.5 Å². The van der Waals surface area contributed by atoms with Gasteiger partial charge in [-0.1, -0.05) is 43.4 Å². The van der Waals surface area contributed by atoms with E-state index < -0.39 is 0 Å². The average Bonchev–Trinajstić information content (AvgIpc) is 3.30. The summed E-state index contributed by atoms with van der Waals surface area (Å²) in [6, 6.07) is 14.2. The average molecular weight is 515 g/mol. The summed E-state index contributed by atoms with van der Waals surface area (Å²) >= 11 is 0. The molecule has 38 heavy (non-hydrogen) atoms. The van der Waals surface area contributed by atoms with Crippen LogP contribution in [0.4, 0.5) is 0 Å². The van der Waals surface area contributed by atoms with Crippen molar-refractivity contribution >= 4 is 10.9 Å². The maximum atomic E-state index is 10.2. The Hall–Kier alpha value is -3.48. The van der Waals surface area contributed by atoms with Crippen molar-refractivity contribution in [2.45, 2.75) is 39.2 Å². The predicted octanol–water partition coefficient (Wildman–Crippen LogP) is 5.83. The highest BCUT2D eigenvalue weighted by Gasteiger charge is 2.32. The van der Waals surface area contributed by atoms with Gasteiger partial charge in [-0.05, 0) is 87.3 Å². The van der Waals surface area contributed by atoms with Crippen molar-refractivity contribution in [3.63, 3.8) is 0 Å². The van der Waals surface area contributed by atoms with E-state index in [0.29, 0.717) is 12.4 Å². The molecule has 3 aromatic rings. The van der Waals surface area contributed by atoms with E-state index in [1.807, 2.05) is 25.3 Å². The van der Waals surface area contributed by atoms with E-state index in [0.717, 1.165) is 67.7 Å². The number of hydrogen-bond donors (Lipinski definition) is 4. The van der Waals surface area contributed by atoms with Crippen LogP contribution in [0.25, 0.3) is 10.9 Å². The molecule has 4 rings (SSSR count). The lowest BCUT2D eigenvalue weighted by atomic mass is 9.91. The van der Waals surface area contributed by atoms with E-state index in [4.69, 9.17) is 4.74 Å². The zero-order valence-electron chi connectivity index (χ0n) is 23.0. The summed E-state index contributed by atoms with van der Waals surface area (Å²) in [4.78, 5) is 6.21. The molecule has 0 amide bonds. The maximum Gasteiger partial charge on any atom is 0.119 e. The van der Waals surface area contributed by atoms with E-state index in [9.17, 15) is 5.11 Å². The first-order valence-electron chi connectivity index (χ1n) is 13.7. The summed E-state index contributed by atoms with van der Waals surface area (Å²) < 4.78 is 6.02. The Bertz CT molecular complexity index is 1270. The zero-order chi connectivity index (χ0) is 26.9. The first-order valence-corrected chi connectivity index (χ1v) is 13.7. The van der Waals surface area contributed by atoms with Crippen molar-refractivity contribution in [2.75, 3.05) is 39.8 Å². The molecule has 202 valence electrons. The minimum absolute atomic E-state index is 0.0438. The number of rotatable bonds is 13. The lowest BCUT2D eigenvalue weighted by molar-refractivity contribution is 0.263. The largest absolute Gasteiger partial charge is 0.508 e. The molecule has 1 aliphatic heterocycles. The van der Waals surface area contributed by atoms with Crippen molar-refractivity contribution in [2.24, 2.45) is 0 Å². The molecule has 6 nitrogen and oxygen atoms in total. The second kappa shape index (κ2) is 13.4. The number of allylic oxidation sites excluding steroid dienone is 5. The Labute approximate surface area is 227 Å². The van der Waals surface area contributed by atoms with Crippen LogP contribution in [0.2, 0.25) is 0 Å². The number of likely N-dealkylation sites (N-methyl/N-ethyl adjacent to an activating group) is 1. The van der Waals surface area contributed by atoms with Crippen LogP contribution in [0.15, 0.2) is 78.5 Å². The summed E-state index contributed by atoms with van der Waals surface area (Å²) in [5.74, 6) is 1.19. The molecular formula is C32H42N4O2. The number of aromatic hydroxyl groups is 1. The van der Waals surface area contributed by atoms with Crippen LogP contribution in [0.1, 0.15) is 49.6 Å². The second-order valence-electron chi connectivity index (χ2n) is 9.84. The normalized spacial score (nSPS) is 16.1. The molecule has 2 heterocycles. The maximum absolute atomic E-state index is 10.2. The predicted molar refractivity (Wildman–Crippen MR) is 158 cm³/mol. The highest BCUT2D eigenvalue weighted by Crippen LogP contribution is 2.41. The van der Waals surface area contributed by atoms with Gasteiger partial charge in [0, 0.05) is 41.9 Å². The van der Waals surface area contributed by atoms with Crippen LogP contribution >= 0.6 is 0 Å². The first-order chi connectivity index (χ1) is 18.5. The van der Waals surface area contributed by atoms with Crippen LogP contribution in [0.5, 0.6) is 11.5 Å². The third-order valence-electron chi connectivity index (χ3n) is 7.22. The Morgan fingerprint density at radius 2 is 1.97 bits per heavy atom. The molecule has 1 aliphatic rings. The van der Waals surface area contributed by atoms with Gasteiger partial charge in [-0.2, -0.15) is 0 Å². The molecule has 4 N–H and O–H groups in total. The molecule has 1 aromatic heterocycles. The summed E-state index contributed by atoms with van der Waals surface area (Å²) in [7, 11) is 1.96. The fraction of sp³-hybridized carbons (Fsp3) is 0.375. The van der Waals surface area contributed by atoms with Crippen molar-refractivity contribution in [1.29, 1.82) is 0 Å². The van der Waals surface area contributed by atoms with Crippen LogP contribution in [-0.4, -0.2) is 54.8 Å². The first kappa shape index (κ1) is 27.6. The van der Waals surface area contributed by atoms with Gasteiger partial charge < -0.3 is 30.4 Å². The van der Waals surface area contributed by atoms with E-state index in [1.165, 1.54) is 22.5 Å². The topological polar surface area (TPSA) is 72.6 Å². The minimum Gasteiger partial charge on any atom is -0.508 e. The summed E-state index contributed by atoms with van der Waals surface area (Å²) in [6.07, 6.45) is 9.07. The van der Waals surface area contributed by atoms with E-state index in [2.05, 4.69) is 77.4 Å². The lowest BCUT2D eigenvalue weighted by Gasteiger charge is -2.39. The van der Waals surface area contributed by atoms with Gasteiger partial charge in [-0.25, -0.2) is 0 Å². The number of benzene rings is 2. The second-order valence-corrected chi connectivity index (χ2v) is 9.84. The fourth-order valence-corrected chi connectivity index (χ4v) is 5.12. The molecule has 2 aromatic carbocycles.